The Morgan fingerprint density at radius 3 is 2.71 bits per heavy atom. The Bertz CT molecular complexity index is 244. The molecule has 1 aliphatic rings. The van der Waals surface area contributed by atoms with E-state index in [9.17, 15) is 9.90 Å². The Morgan fingerprint density at radius 1 is 1.41 bits per heavy atom. The van der Waals surface area contributed by atoms with Gasteiger partial charge in [-0.3, -0.25) is 4.79 Å². The maximum Gasteiger partial charge on any atom is 0.224 e. The number of carbonyl (C=O) groups excluding carboxylic acids is 1. The fourth-order valence-corrected chi connectivity index (χ4v) is 2.25. The SMILES string of the molecule is CC(C)C(N)CC(=O)N1CCCCCC1CO. The minimum atomic E-state index is -0.0786. The molecule has 1 fully saturated rings. The highest BCUT2D eigenvalue weighted by molar-refractivity contribution is 5.77. The van der Waals surface area contributed by atoms with Crippen LogP contribution in [0.15, 0.2) is 0 Å². The highest BCUT2D eigenvalue weighted by Crippen LogP contribution is 2.18. The van der Waals surface area contributed by atoms with E-state index in [0.29, 0.717) is 12.3 Å². The first-order valence-electron chi connectivity index (χ1n) is 6.72. The van der Waals surface area contributed by atoms with Gasteiger partial charge in [0.2, 0.25) is 5.91 Å². The van der Waals surface area contributed by atoms with Gasteiger partial charge < -0.3 is 15.7 Å². The summed E-state index contributed by atoms with van der Waals surface area (Å²) in [5.41, 5.74) is 5.94. The van der Waals surface area contributed by atoms with Crippen LogP contribution >= 0.6 is 0 Å². The van der Waals surface area contributed by atoms with Gasteiger partial charge in [-0.15, -0.1) is 0 Å². The van der Waals surface area contributed by atoms with Crippen molar-refractivity contribution in [1.29, 1.82) is 0 Å². The summed E-state index contributed by atoms with van der Waals surface area (Å²) >= 11 is 0. The van der Waals surface area contributed by atoms with Gasteiger partial charge in [0, 0.05) is 19.0 Å². The quantitative estimate of drug-likeness (QED) is 0.776. The fraction of sp³-hybridized carbons (Fsp3) is 0.923. The third kappa shape index (κ3) is 4.28. The topological polar surface area (TPSA) is 66.6 Å². The maximum absolute atomic E-state index is 12.2. The highest BCUT2D eigenvalue weighted by atomic mass is 16.3. The summed E-state index contributed by atoms with van der Waals surface area (Å²) < 4.78 is 0. The van der Waals surface area contributed by atoms with E-state index in [1.54, 1.807) is 0 Å². The molecule has 0 spiro atoms. The van der Waals surface area contributed by atoms with Crippen molar-refractivity contribution in [2.75, 3.05) is 13.2 Å². The number of likely N-dealkylation sites (tertiary alicyclic amines) is 1. The standard InChI is InChI=1S/C13H26N2O2/c1-10(2)12(14)8-13(17)15-7-5-3-4-6-11(15)9-16/h10-12,16H,3-9,14H2,1-2H3. The van der Waals surface area contributed by atoms with Crippen molar-refractivity contribution < 1.29 is 9.90 Å². The van der Waals surface area contributed by atoms with E-state index in [1.807, 2.05) is 18.7 Å². The van der Waals surface area contributed by atoms with Crippen molar-refractivity contribution in [1.82, 2.24) is 4.90 Å². The average Bonchev–Trinajstić information content (AvgIpc) is 2.53. The molecule has 4 nitrogen and oxygen atoms in total. The number of rotatable bonds is 4. The summed E-state index contributed by atoms with van der Waals surface area (Å²) in [6, 6.07) is -0.0746. The molecule has 2 unspecified atom stereocenters. The number of carbonyl (C=O) groups is 1. The second kappa shape index (κ2) is 6.97. The molecule has 1 heterocycles. The lowest BCUT2D eigenvalue weighted by Crippen LogP contribution is -2.45. The molecule has 0 aromatic heterocycles. The van der Waals surface area contributed by atoms with Crippen LogP contribution in [-0.2, 0) is 4.79 Å². The van der Waals surface area contributed by atoms with Crippen LogP contribution in [0.2, 0.25) is 0 Å². The van der Waals surface area contributed by atoms with Gasteiger partial charge in [0.05, 0.1) is 12.6 Å². The average molecular weight is 242 g/mol. The van der Waals surface area contributed by atoms with Gasteiger partial charge >= 0.3 is 0 Å². The van der Waals surface area contributed by atoms with E-state index in [2.05, 4.69) is 0 Å². The molecular weight excluding hydrogens is 216 g/mol. The molecule has 3 N–H and O–H groups in total. The zero-order valence-electron chi connectivity index (χ0n) is 11.1. The summed E-state index contributed by atoms with van der Waals surface area (Å²) in [6.45, 7) is 4.91. The van der Waals surface area contributed by atoms with E-state index in [4.69, 9.17) is 5.73 Å². The van der Waals surface area contributed by atoms with E-state index < -0.39 is 0 Å². The van der Waals surface area contributed by atoms with Gasteiger partial charge in [-0.05, 0) is 18.8 Å². The fourth-order valence-electron chi connectivity index (χ4n) is 2.25. The number of nitrogens with zero attached hydrogens (tertiary/aromatic N) is 1. The summed E-state index contributed by atoms with van der Waals surface area (Å²) in [5.74, 6) is 0.422. The van der Waals surface area contributed by atoms with Crippen LogP contribution in [0, 0.1) is 5.92 Å². The molecular formula is C13H26N2O2. The van der Waals surface area contributed by atoms with Gasteiger partial charge in [0.1, 0.15) is 0 Å². The lowest BCUT2D eigenvalue weighted by molar-refractivity contribution is -0.135. The molecule has 1 saturated heterocycles. The molecule has 0 aromatic rings. The van der Waals surface area contributed by atoms with Gasteiger partial charge in [-0.1, -0.05) is 26.7 Å². The first kappa shape index (κ1) is 14.5. The maximum atomic E-state index is 12.2. The van der Waals surface area contributed by atoms with Crippen LogP contribution in [0.3, 0.4) is 0 Å². The molecule has 1 rings (SSSR count). The van der Waals surface area contributed by atoms with E-state index in [0.717, 1.165) is 32.2 Å². The Kier molecular flexibility index (Phi) is 5.92. The molecule has 100 valence electrons. The summed E-state index contributed by atoms with van der Waals surface area (Å²) in [6.07, 6.45) is 4.61. The van der Waals surface area contributed by atoms with Gasteiger partial charge in [-0.2, -0.15) is 0 Å². The second-order valence-corrected chi connectivity index (χ2v) is 5.38. The molecule has 2 atom stereocenters. The van der Waals surface area contributed by atoms with Crippen molar-refractivity contribution in [2.24, 2.45) is 11.7 Å². The Balaban J connectivity index is 2.57. The minimum absolute atomic E-state index is 0.00404. The monoisotopic (exact) mass is 242 g/mol. The predicted molar refractivity (Wildman–Crippen MR) is 68.5 cm³/mol. The van der Waals surface area contributed by atoms with Gasteiger partial charge in [0.25, 0.3) is 0 Å². The van der Waals surface area contributed by atoms with Gasteiger partial charge in [-0.25, -0.2) is 0 Å². The van der Waals surface area contributed by atoms with Crippen molar-refractivity contribution in [3.63, 3.8) is 0 Å². The van der Waals surface area contributed by atoms with E-state index >= 15 is 0 Å². The molecule has 1 aliphatic heterocycles. The van der Waals surface area contributed by atoms with Crippen molar-refractivity contribution in [3.05, 3.63) is 0 Å². The predicted octanol–water partition coefficient (Wildman–Crippen LogP) is 1.12. The van der Waals surface area contributed by atoms with Crippen LogP contribution < -0.4 is 5.73 Å². The van der Waals surface area contributed by atoms with Crippen LogP contribution in [-0.4, -0.2) is 41.1 Å². The second-order valence-electron chi connectivity index (χ2n) is 5.38. The summed E-state index contributed by atoms with van der Waals surface area (Å²) in [7, 11) is 0. The van der Waals surface area contributed by atoms with Crippen molar-refractivity contribution in [2.45, 2.75) is 58.0 Å². The zero-order valence-corrected chi connectivity index (χ0v) is 11.1. The molecule has 0 aliphatic carbocycles. The lowest BCUT2D eigenvalue weighted by atomic mass is 10.0. The number of aliphatic hydroxyl groups excluding tert-OH is 1. The summed E-state index contributed by atoms with van der Waals surface area (Å²) in [4.78, 5) is 14.0. The third-order valence-corrected chi connectivity index (χ3v) is 3.67. The van der Waals surface area contributed by atoms with Crippen LogP contribution in [0.4, 0.5) is 0 Å². The van der Waals surface area contributed by atoms with Crippen molar-refractivity contribution >= 4 is 5.91 Å². The third-order valence-electron chi connectivity index (χ3n) is 3.67. The number of amides is 1. The molecule has 1 amide bonds. The summed E-state index contributed by atoms with van der Waals surface area (Å²) in [5, 5.41) is 9.35. The van der Waals surface area contributed by atoms with Gasteiger partial charge in [0.15, 0.2) is 0 Å². The first-order valence-corrected chi connectivity index (χ1v) is 6.72. The Morgan fingerprint density at radius 2 is 2.12 bits per heavy atom. The first-order chi connectivity index (χ1) is 8.06. The van der Waals surface area contributed by atoms with E-state index in [-0.39, 0.29) is 24.6 Å². The molecule has 0 aromatic carbocycles. The Hall–Kier alpha value is -0.610. The smallest absolute Gasteiger partial charge is 0.224 e. The van der Waals surface area contributed by atoms with Crippen LogP contribution in [0.5, 0.6) is 0 Å². The zero-order chi connectivity index (χ0) is 12.8. The lowest BCUT2D eigenvalue weighted by Gasteiger charge is -2.30. The minimum Gasteiger partial charge on any atom is -0.394 e. The highest BCUT2D eigenvalue weighted by Gasteiger charge is 2.26. The Labute approximate surface area is 104 Å². The molecule has 4 heteroatoms. The van der Waals surface area contributed by atoms with Crippen molar-refractivity contribution in [3.8, 4) is 0 Å². The molecule has 0 radical (unpaired) electrons. The molecule has 0 bridgehead atoms. The number of hydrogen-bond donors (Lipinski definition) is 2. The molecule has 0 saturated carbocycles. The van der Waals surface area contributed by atoms with Crippen LogP contribution in [0.1, 0.15) is 46.0 Å². The van der Waals surface area contributed by atoms with Crippen LogP contribution in [0.25, 0.3) is 0 Å². The number of hydrogen-bond acceptors (Lipinski definition) is 3. The van der Waals surface area contributed by atoms with E-state index in [1.165, 1.54) is 0 Å². The molecule has 17 heavy (non-hydrogen) atoms. The largest absolute Gasteiger partial charge is 0.394 e. The normalized spacial score (nSPS) is 23.6. The number of nitrogens with two attached hydrogens (primary N) is 1. The number of aliphatic hydroxyl groups is 1.